The molecule has 88 valence electrons. The summed E-state index contributed by atoms with van der Waals surface area (Å²) in [6.07, 6.45) is 1.32. The Morgan fingerprint density at radius 1 is 1.18 bits per heavy atom. The molecule has 1 aromatic carbocycles. The van der Waals surface area contributed by atoms with Crippen molar-refractivity contribution >= 4 is 16.6 Å². The van der Waals surface area contributed by atoms with E-state index in [1.54, 1.807) is 0 Å². The third-order valence-electron chi connectivity index (χ3n) is 2.60. The summed E-state index contributed by atoms with van der Waals surface area (Å²) in [4.78, 5) is 23.1. The molecule has 2 aromatic rings. The molecule has 3 nitrogen and oxygen atoms in total. The monoisotopic (exact) mass is 237 g/mol. The maximum Gasteiger partial charge on any atom is 0.258 e. The van der Waals surface area contributed by atoms with Gasteiger partial charge in [-0.1, -0.05) is 0 Å². The Kier molecular flexibility index (Phi) is 2.53. The molecule has 0 atom stereocenters. The van der Waals surface area contributed by atoms with Gasteiger partial charge in [-0.2, -0.15) is 0 Å². The molecule has 0 unspecified atom stereocenters. The lowest BCUT2D eigenvalue weighted by atomic mass is 10.0. The topological polar surface area (TPSA) is 39.1 Å². The Labute approximate surface area is 95.3 Å². The molecule has 1 heterocycles. The Balaban J connectivity index is 3.04. The Hall–Kier alpha value is -2.04. The predicted octanol–water partition coefficient (Wildman–Crippen LogP) is 2.02. The van der Waals surface area contributed by atoms with Gasteiger partial charge in [0.15, 0.2) is 17.4 Å². The Morgan fingerprint density at radius 3 is 2.24 bits per heavy atom. The molecule has 0 fully saturated rings. The van der Waals surface area contributed by atoms with Crippen LogP contribution in [0.3, 0.4) is 0 Å². The highest BCUT2D eigenvalue weighted by Crippen LogP contribution is 2.19. The number of aryl methyl sites for hydroxylation is 1. The minimum absolute atomic E-state index is 0.000833. The van der Waals surface area contributed by atoms with Crippen molar-refractivity contribution in [2.75, 3.05) is 0 Å². The number of nitrogens with zero attached hydrogens (tertiary/aromatic N) is 1. The van der Waals surface area contributed by atoms with E-state index in [-0.39, 0.29) is 22.1 Å². The number of hydrogen-bond donors (Lipinski definition) is 0. The van der Waals surface area contributed by atoms with Gasteiger partial charge in [-0.25, -0.2) is 8.78 Å². The first-order valence-corrected chi connectivity index (χ1v) is 4.91. The first-order valence-electron chi connectivity index (χ1n) is 4.91. The number of benzene rings is 1. The van der Waals surface area contributed by atoms with Crippen LogP contribution in [0.4, 0.5) is 8.78 Å². The van der Waals surface area contributed by atoms with Crippen LogP contribution in [0.2, 0.25) is 0 Å². The van der Waals surface area contributed by atoms with Gasteiger partial charge < -0.3 is 4.57 Å². The summed E-state index contributed by atoms with van der Waals surface area (Å²) in [5, 5.41) is 0.138. The van der Waals surface area contributed by atoms with Gasteiger partial charge in [0.05, 0.1) is 5.39 Å². The standard InChI is InChI=1S/C12H9F2NO2/c1-6(16)9-5-15(2)12(17)8-4-11(14)10(13)3-7(8)9/h3-5H,1-2H3. The molecule has 0 saturated carbocycles. The lowest BCUT2D eigenvalue weighted by molar-refractivity contribution is 0.101. The van der Waals surface area contributed by atoms with Crippen LogP contribution in [0.15, 0.2) is 23.1 Å². The van der Waals surface area contributed by atoms with Crippen molar-refractivity contribution in [3.05, 3.63) is 45.9 Å². The fourth-order valence-electron chi connectivity index (χ4n) is 1.74. The van der Waals surface area contributed by atoms with Gasteiger partial charge >= 0.3 is 0 Å². The number of carbonyl (C=O) groups is 1. The van der Waals surface area contributed by atoms with E-state index in [0.29, 0.717) is 0 Å². The lowest BCUT2D eigenvalue weighted by Gasteiger charge is -2.07. The average molecular weight is 237 g/mol. The SMILES string of the molecule is CC(=O)c1cn(C)c(=O)c2cc(F)c(F)cc12. The second-order valence-corrected chi connectivity index (χ2v) is 3.83. The first kappa shape index (κ1) is 11.4. The predicted molar refractivity (Wildman–Crippen MR) is 59.1 cm³/mol. The van der Waals surface area contributed by atoms with E-state index < -0.39 is 17.2 Å². The molecule has 2 rings (SSSR count). The fraction of sp³-hybridized carbons (Fsp3) is 0.167. The van der Waals surface area contributed by atoms with Gasteiger partial charge in [0, 0.05) is 24.2 Å². The van der Waals surface area contributed by atoms with Crippen LogP contribution < -0.4 is 5.56 Å². The van der Waals surface area contributed by atoms with E-state index in [1.165, 1.54) is 24.7 Å². The maximum absolute atomic E-state index is 13.1. The van der Waals surface area contributed by atoms with Gasteiger partial charge in [0.25, 0.3) is 5.56 Å². The summed E-state index contributed by atoms with van der Waals surface area (Å²) >= 11 is 0. The van der Waals surface area contributed by atoms with Crippen LogP contribution in [-0.2, 0) is 7.05 Å². The minimum atomic E-state index is -1.10. The van der Waals surface area contributed by atoms with Gasteiger partial charge in [-0.3, -0.25) is 9.59 Å². The normalized spacial score (nSPS) is 10.8. The molecule has 0 aliphatic carbocycles. The second-order valence-electron chi connectivity index (χ2n) is 3.83. The minimum Gasteiger partial charge on any atom is -0.317 e. The van der Waals surface area contributed by atoms with Crippen LogP contribution in [0.5, 0.6) is 0 Å². The molecule has 17 heavy (non-hydrogen) atoms. The summed E-state index contributed by atoms with van der Waals surface area (Å²) in [5.74, 6) is -2.49. The number of ketones is 1. The third-order valence-corrected chi connectivity index (χ3v) is 2.60. The van der Waals surface area contributed by atoms with E-state index >= 15 is 0 Å². The number of carbonyl (C=O) groups excluding carboxylic acids is 1. The molecule has 0 bridgehead atoms. The number of fused-ring (bicyclic) bond motifs is 1. The Bertz CT molecular complexity index is 689. The highest BCUT2D eigenvalue weighted by Gasteiger charge is 2.14. The molecule has 0 spiro atoms. The zero-order chi connectivity index (χ0) is 12.7. The summed E-state index contributed by atoms with van der Waals surface area (Å²) in [7, 11) is 1.45. The van der Waals surface area contributed by atoms with Crippen molar-refractivity contribution in [2.45, 2.75) is 6.92 Å². The molecular formula is C12H9F2NO2. The van der Waals surface area contributed by atoms with E-state index in [0.717, 1.165) is 12.1 Å². The second kappa shape index (κ2) is 3.76. The zero-order valence-corrected chi connectivity index (χ0v) is 9.25. The molecular weight excluding hydrogens is 228 g/mol. The maximum atomic E-state index is 13.1. The molecule has 0 radical (unpaired) electrons. The summed E-state index contributed by atoms with van der Waals surface area (Å²) in [6.45, 7) is 1.31. The van der Waals surface area contributed by atoms with Crippen molar-refractivity contribution in [1.29, 1.82) is 0 Å². The number of Topliss-reactive ketones (excluding diaryl/α,β-unsaturated/α-hetero) is 1. The highest BCUT2D eigenvalue weighted by atomic mass is 19.2. The zero-order valence-electron chi connectivity index (χ0n) is 9.25. The largest absolute Gasteiger partial charge is 0.317 e. The fourth-order valence-corrected chi connectivity index (χ4v) is 1.74. The van der Waals surface area contributed by atoms with E-state index in [9.17, 15) is 18.4 Å². The molecule has 0 aliphatic rings. The van der Waals surface area contributed by atoms with E-state index in [1.807, 2.05) is 0 Å². The highest BCUT2D eigenvalue weighted by molar-refractivity contribution is 6.06. The number of hydrogen-bond acceptors (Lipinski definition) is 2. The van der Waals surface area contributed by atoms with Crippen LogP contribution in [0.25, 0.3) is 10.8 Å². The van der Waals surface area contributed by atoms with Crippen molar-refractivity contribution in [1.82, 2.24) is 4.57 Å². The quantitative estimate of drug-likeness (QED) is 0.712. The summed E-state index contributed by atoms with van der Waals surface area (Å²) in [6, 6.07) is 1.70. The Morgan fingerprint density at radius 2 is 1.71 bits per heavy atom. The molecule has 0 aliphatic heterocycles. The molecule has 0 saturated heterocycles. The smallest absolute Gasteiger partial charge is 0.258 e. The number of halogens is 2. The average Bonchev–Trinajstić information content (AvgIpc) is 2.26. The van der Waals surface area contributed by atoms with Gasteiger partial charge in [-0.15, -0.1) is 0 Å². The van der Waals surface area contributed by atoms with Gasteiger partial charge in [0.1, 0.15) is 0 Å². The van der Waals surface area contributed by atoms with Crippen LogP contribution >= 0.6 is 0 Å². The molecule has 0 amide bonds. The molecule has 0 N–H and O–H groups in total. The van der Waals surface area contributed by atoms with Crippen molar-refractivity contribution < 1.29 is 13.6 Å². The van der Waals surface area contributed by atoms with Crippen LogP contribution in [0.1, 0.15) is 17.3 Å². The number of pyridine rings is 1. The molecule has 1 aromatic heterocycles. The van der Waals surface area contributed by atoms with Crippen LogP contribution in [0, 0.1) is 11.6 Å². The number of rotatable bonds is 1. The van der Waals surface area contributed by atoms with E-state index in [4.69, 9.17) is 0 Å². The van der Waals surface area contributed by atoms with Crippen molar-refractivity contribution in [3.8, 4) is 0 Å². The van der Waals surface area contributed by atoms with Crippen molar-refractivity contribution in [2.24, 2.45) is 7.05 Å². The summed E-state index contributed by atoms with van der Waals surface area (Å²) < 4.78 is 27.4. The molecule has 5 heteroatoms. The number of aromatic nitrogens is 1. The first-order chi connectivity index (χ1) is 7.91. The summed E-state index contributed by atoms with van der Waals surface area (Å²) in [5.41, 5.74) is -0.273. The van der Waals surface area contributed by atoms with Crippen LogP contribution in [-0.4, -0.2) is 10.4 Å². The lowest BCUT2D eigenvalue weighted by Crippen LogP contribution is -2.18. The van der Waals surface area contributed by atoms with Crippen molar-refractivity contribution in [3.63, 3.8) is 0 Å². The van der Waals surface area contributed by atoms with E-state index in [2.05, 4.69) is 0 Å². The van der Waals surface area contributed by atoms with Gasteiger partial charge in [-0.05, 0) is 19.1 Å². The van der Waals surface area contributed by atoms with Gasteiger partial charge in [0.2, 0.25) is 0 Å². The third kappa shape index (κ3) is 1.73.